The highest BCUT2D eigenvalue weighted by molar-refractivity contribution is 7.09. The van der Waals surface area contributed by atoms with E-state index in [1.165, 1.54) is 50.0 Å². The van der Waals surface area contributed by atoms with E-state index >= 15 is 0 Å². The molecule has 0 saturated heterocycles. The first-order chi connectivity index (χ1) is 8.29. The third-order valence-electron chi connectivity index (χ3n) is 4.38. The SMILES string of the molecule is CC(NC1CC1)(c1nccs1)C1CCCCC1. The lowest BCUT2D eigenvalue weighted by molar-refractivity contribution is 0.174. The molecule has 1 N–H and O–H groups in total. The van der Waals surface area contributed by atoms with Gasteiger partial charge in [-0.3, -0.25) is 0 Å². The fraction of sp³-hybridized carbons (Fsp3) is 0.786. The van der Waals surface area contributed by atoms with Crippen LogP contribution in [0, 0.1) is 5.92 Å². The maximum Gasteiger partial charge on any atom is 0.113 e. The molecule has 2 aliphatic carbocycles. The van der Waals surface area contributed by atoms with E-state index in [1.807, 2.05) is 17.5 Å². The molecule has 3 rings (SSSR count). The van der Waals surface area contributed by atoms with Crippen molar-refractivity contribution in [3.8, 4) is 0 Å². The molecule has 0 radical (unpaired) electrons. The molecule has 1 unspecified atom stereocenters. The number of nitrogens with zero attached hydrogens (tertiary/aromatic N) is 1. The van der Waals surface area contributed by atoms with E-state index in [1.54, 1.807) is 0 Å². The van der Waals surface area contributed by atoms with Crippen molar-refractivity contribution in [2.75, 3.05) is 0 Å². The van der Waals surface area contributed by atoms with Gasteiger partial charge in [0.2, 0.25) is 0 Å². The molecule has 2 aliphatic rings. The van der Waals surface area contributed by atoms with Crippen LogP contribution >= 0.6 is 11.3 Å². The van der Waals surface area contributed by atoms with Crippen LogP contribution in [0.25, 0.3) is 0 Å². The monoisotopic (exact) mass is 250 g/mol. The number of hydrogen-bond acceptors (Lipinski definition) is 3. The van der Waals surface area contributed by atoms with Gasteiger partial charge >= 0.3 is 0 Å². The molecular formula is C14H22N2S. The van der Waals surface area contributed by atoms with Gasteiger partial charge in [0.15, 0.2) is 0 Å². The van der Waals surface area contributed by atoms with E-state index in [0.29, 0.717) is 0 Å². The van der Waals surface area contributed by atoms with Gasteiger partial charge in [0, 0.05) is 17.6 Å². The zero-order valence-corrected chi connectivity index (χ0v) is 11.4. The second-order valence-electron chi connectivity index (χ2n) is 5.79. The van der Waals surface area contributed by atoms with Crippen molar-refractivity contribution in [1.82, 2.24) is 10.3 Å². The normalized spacial score (nSPS) is 25.7. The van der Waals surface area contributed by atoms with Crippen LogP contribution in [-0.4, -0.2) is 11.0 Å². The molecular weight excluding hydrogens is 228 g/mol. The molecule has 2 fully saturated rings. The Hall–Kier alpha value is -0.410. The Balaban J connectivity index is 1.83. The first-order valence-corrected chi connectivity index (χ1v) is 7.84. The van der Waals surface area contributed by atoms with Crippen molar-refractivity contribution in [2.24, 2.45) is 5.92 Å². The van der Waals surface area contributed by atoms with Crippen LogP contribution in [0.5, 0.6) is 0 Å². The summed E-state index contributed by atoms with van der Waals surface area (Å²) in [6.45, 7) is 2.39. The van der Waals surface area contributed by atoms with Crippen molar-refractivity contribution in [1.29, 1.82) is 0 Å². The average molecular weight is 250 g/mol. The van der Waals surface area contributed by atoms with Gasteiger partial charge < -0.3 is 5.32 Å². The largest absolute Gasteiger partial charge is 0.303 e. The van der Waals surface area contributed by atoms with Crippen LogP contribution in [0.3, 0.4) is 0 Å². The zero-order chi connectivity index (χ0) is 11.7. The molecule has 0 spiro atoms. The summed E-state index contributed by atoms with van der Waals surface area (Å²) in [6, 6.07) is 0.755. The Morgan fingerprint density at radius 1 is 1.24 bits per heavy atom. The highest BCUT2D eigenvalue weighted by Crippen LogP contribution is 2.41. The molecule has 1 aromatic rings. The summed E-state index contributed by atoms with van der Waals surface area (Å²) in [4.78, 5) is 4.60. The molecule has 0 aromatic carbocycles. The molecule has 0 aliphatic heterocycles. The van der Waals surface area contributed by atoms with Crippen molar-refractivity contribution in [3.63, 3.8) is 0 Å². The molecule has 1 aromatic heterocycles. The summed E-state index contributed by atoms with van der Waals surface area (Å²) in [5, 5.41) is 7.31. The molecule has 1 heterocycles. The van der Waals surface area contributed by atoms with Gasteiger partial charge in [0.1, 0.15) is 5.01 Å². The molecule has 0 bridgehead atoms. The van der Waals surface area contributed by atoms with E-state index in [9.17, 15) is 0 Å². The third-order valence-corrected chi connectivity index (χ3v) is 5.39. The quantitative estimate of drug-likeness (QED) is 0.881. The third kappa shape index (κ3) is 2.41. The minimum atomic E-state index is 0.135. The second kappa shape index (κ2) is 4.69. The predicted molar refractivity (Wildman–Crippen MR) is 72.2 cm³/mol. The Labute approximate surface area is 108 Å². The number of nitrogens with one attached hydrogen (secondary N) is 1. The van der Waals surface area contributed by atoms with E-state index < -0.39 is 0 Å². The molecule has 94 valence electrons. The number of hydrogen-bond donors (Lipinski definition) is 1. The van der Waals surface area contributed by atoms with Gasteiger partial charge in [-0.1, -0.05) is 19.3 Å². The summed E-state index contributed by atoms with van der Waals surface area (Å²) >= 11 is 1.82. The van der Waals surface area contributed by atoms with Crippen LogP contribution < -0.4 is 5.32 Å². The average Bonchev–Trinajstić information content (AvgIpc) is 2.99. The summed E-state index contributed by atoms with van der Waals surface area (Å²) < 4.78 is 0. The maximum atomic E-state index is 4.60. The van der Waals surface area contributed by atoms with Crippen LogP contribution in [0.4, 0.5) is 0 Å². The Bertz CT molecular complexity index is 352. The van der Waals surface area contributed by atoms with Crippen molar-refractivity contribution in [3.05, 3.63) is 16.6 Å². The highest BCUT2D eigenvalue weighted by atomic mass is 32.1. The van der Waals surface area contributed by atoms with Crippen molar-refractivity contribution < 1.29 is 0 Å². The number of rotatable bonds is 4. The number of aromatic nitrogens is 1. The van der Waals surface area contributed by atoms with Crippen molar-refractivity contribution >= 4 is 11.3 Å². The van der Waals surface area contributed by atoms with E-state index in [2.05, 4.69) is 22.6 Å². The fourth-order valence-electron chi connectivity index (χ4n) is 3.17. The van der Waals surface area contributed by atoms with Gasteiger partial charge in [-0.25, -0.2) is 4.98 Å². The smallest absolute Gasteiger partial charge is 0.113 e. The summed E-state index contributed by atoms with van der Waals surface area (Å²) in [5.41, 5.74) is 0.135. The van der Waals surface area contributed by atoms with Gasteiger partial charge in [-0.05, 0) is 38.5 Å². The first-order valence-electron chi connectivity index (χ1n) is 6.97. The minimum Gasteiger partial charge on any atom is -0.303 e. The second-order valence-corrected chi connectivity index (χ2v) is 6.69. The van der Waals surface area contributed by atoms with Gasteiger partial charge in [0.05, 0.1) is 5.54 Å². The van der Waals surface area contributed by atoms with Gasteiger partial charge in [0.25, 0.3) is 0 Å². The van der Waals surface area contributed by atoms with Gasteiger partial charge in [-0.2, -0.15) is 0 Å². The summed E-state index contributed by atoms with van der Waals surface area (Å²) in [7, 11) is 0. The fourth-order valence-corrected chi connectivity index (χ4v) is 4.01. The molecule has 1 atom stereocenters. The minimum absolute atomic E-state index is 0.135. The van der Waals surface area contributed by atoms with Crippen LogP contribution in [0.15, 0.2) is 11.6 Å². The first kappa shape index (κ1) is 11.7. The lowest BCUT2D eigenvalue weighted by Crippen LogP contribution is -2.47. The standard InChI is InChI=1S/C14H22N2S/c1-14(16-12-7-8-12,13-15-9-10-17-13)11-5-3-2-4-6-11/h9-12,16H,2-8H2,1H3. The molecule has 2 saturated carbocycles. The van der Waals surface area contributed by atoms with Crippen LogP contribution in [-0.2, 0) is 5.54 Å². The lowest BCUT2D eigenvalue weighted by atomic mass is 9.75. The van der Waals surface area contributed by atoms with E-state index in [-0.39, 0.29) is 5.54 Å². The molecule has 17 heavy (non-hydrogen) atoms. The zero-order valence-electron chi connectivity index (χ0n) is 10.6. The van der Waals surface area contributed by atoms with Crippen molar-refractivity contribution in [2.45, 2.75) is 63.5 Å². The predicted octanol–water partition coefficient (Wildman–Crippen LogP) is 3.69. The lowest BCUT2D eigenvalue weighted by Gasteiger charge is -2.39. The Kier molecular flexibility index (Phi) is 3.22. The maximum absolute atomic E-state index is 4.60. The summed E-state index contributed by atoms with van der Waals surface area (Å²) in [6.07, 6.45) is 11.6. The topological polar surface area (TPSA) is 24.9 Å². The summed E-state index contributed by atoms with van der Waals surface area (Å²) in [5.74, 6) is 0.781. The molecule has 0 amide bonds. The molecule has 2 nitrogen and oxygen atoms in total. The van der Waals surface area contributed by atoms with Gasteiger partial charge in [-0.15, -0.1) is 11.3 Å². The Morgan fingerprint density at radius 3 is 2.59 bits per heavy atom. The molecule has 3 heteroatoms. The van der Waals surface area contributed by atoms with Crippen LogP contribution in [0.2, 0.25) is 0 Å². The Morgan fingerprint density at radius 2 is 2.00 bits per heavy atom. The van der Waals surface area contributed by atoms with E-state index in [4.69, 9.17) is 0 Å². The number of thiazole rings is 1. The highest BCUT2D eigenvalue weighted by Gasteiger charge is 2.41. The van der Waals surface area contributed by atoms with Crippen LogP contribution in [0.1, 0.15) is 56.9 Å². The van der Waals surface area contributed by atoms with E-state index in [0.717, 1.165) is 12.0 Å².